The minimum atomic E-state index is -0.739. The molecule has 0 amide bonds. The highest BCUT2D eigenvalue weighted by Crippen LogP contribution is 2.28. The highest BCUT2D eigenvalue weighted by molar-refractivity contribution is 5.92. The first-order valence-electron chi connectivity index (χ1n) is 5.87. The van der Waals surface area contributed by atoms with E-state index in [4.69, 9.17) is 16.2 Å². The summed E-state index contributed by atoms with van der Waals surface area (Å²) >= 11 is 0. The molecule has 94 valence electrons. The Bertz CT molecular complexity index is 553. The van der Waals surface area contributed by atoms with Crippen LogP contribution in [0.25, 0.3) is 6.08 Å². The zero-order valence-electron chi connectivity index (χ0n) is 10.1. The maximum Gasteiger partial charge on any atom is 0.208 e. The minimum absolute atomic E-state index is 0.152. The number of fused-ring (bicyclic) bond motifs is 1. The number of hydrogen-bond donors (Lipinski definition) is 2. The Morgan fingerprint density at radius 1 is 1.44 bits per heavy atom. The number of aliphatic imine (C=N–C) groups is 1. The molecule has 6 heteroatoms. The van der Waals surface area contributed by atoms with E-state index in [1.165, 1.54) is 6.33 Å². The zero-order chi connectivity index (χ0) is 12.8. The van der Waals surface area contributed by atoms with Gasteiger partial charge in [-0.05, 0) is 13.0 Å². The third kappa shape index (κ3) is 1.65. The van der Waals surface area contributed by atoms with E-state index < -0.39 is 5.54 Å². The molecule has 0 radical (unpaired) electrons. The molecule has 0 saturated heterocycles. The number of nitrogens with two attached hydrogens (primary N) is 2. The van der Waals surface area contributed by atoms with Crippen molar-refractivity contribution in [3.63, 3.8) is 0 Å². The van der Waals surface area contributed by atoms with Crippen LogP contribution in [0.2, 0.25) is 0 Å². The standard InChI is InChI=1S/C12H15N5O/c1-7-5-18-11(17-7)12(14)3-2-9-8(4-12)10(13)16-6-15-9/h2-3,6-7H,4-5,14H2,1H3,(H2,13,15,16). The van der Waals surface area contributed by atoms with Crippen molar-refractivity contribution in [2.45, 2.75) is 24.9 Å². The summed E-state index contributed by atoms with van der Waals surface area (Å²) in [5.41, 5.74) is 13.2. The van der Waals surface area contributed by atoms with E-state index in [1.807, 2.05) is 19.1 Å². The van der Waals surface area contributed by atoms with Crippen molar-refractivity contribution in [2.75, 3.05) is 12.3 Å². The molecule has 1 aliphatic heterocycles. The van der Waals surface area contributed by atoms with E-state index in [0.29, 0.717) is 24.7 Å². The summed E-state index contributed by atoms with van der Waals surface area (Å²) < 4.78 is 5.55. The summed E-state index contributed by atoms with van der Waals surface area (Å²) in [5, 5.41) is 0. The molecule has 18 heavy (non-hydrogen) atoms. The van der Waals surface area contributed by atoms with Crippen LogP contribution in [-0.4, -0.2) is 34.1 Å². The minimum Gasteiger partial charge on any atom is -0.477 e. The van der Waals surface area contributed by atoms with Crippen LogP contribution in [0.4, 0.5) is 5.82 Å². The van der Waals surface area contributed by atoms with Crippen molar-refractivity contribution < 1.29 is 4.74 Å². The lowest BCUT2D eigenvalue weighted by atomic mass is 9.86. The van der Waals surface area contributed by atoms with Gasteiger partial charge in [0.1, 0.15) is 24.3 Å². The van der Waals surface area contributed by atoms with Crippen LogP contribution in [0, 0.1) is 0 Å². The van der Waals surface area contributed by atoms with Crippen LogP contribution in [0.5, 0.6) is 0 Å². The number of ether oxygens (including phenoxy) is 1. The Labute approximate surface area is 105 Å². The molecule has 0 aromatic carbocycles. The molecule has 0 bridgehead atoms. The summed E-state index contributed by atoms with van der Waals surface area (Å²) in [5.74, 6) is 1.03. The number of rotatable bonds is 1. The van der Waals surface area contributed by atoms with E-state index in [-0.39, 0.29) is 6.04 Å². The Kier molecular flexibility index (Phi) is 2.34. The lowest BCUT2D eigenvalue weighted by molar-refractivity contribution is 0.301. The normalized spacial score (nSPS) is 29.7. The highest BCUT2D eigenvalue weighted by Gasteiger charge is 2.37. The van der Waals surface area contributed by atoms with Gasteiger partial charge in [0.2, 0.25) is 5.90 Å². The van der Waals surface area contributed by atoms with E-state index >= 15 is 0 Å². The SMILES string of the molecule is CC1COC(C2(N)C=Cc3ncnc(N)c3C2)=N1. The van der Waals surface area contributed by atoms with Gasteiger partial charge in [-0.25, -0.2) is 15.0 Å². The summed E-state index contributed by atoms with van der Waals surface area (Å²) in [6.45, 7) is 2.57. The van der Waals surface area contributed by atoms with Crippen LogP contribution in [0.15, 0.2) is 17.4 Å². The van der Waals surface area contributed by atoms with Gasteiger partial charge in [0, 0.05) is 12.0 Å². The van der Waals surface area contributed by atoms with Crippen LogP contribution in [0.3, 0.4) is 0 Å². The van der Waals surface area contributed by atoms with Gasteiger partial charge >= 0.3 is 0 Å². The molecule has 2 atom stereocenters. The van der Waals surface area contributed by atoms with Gasteiger partial charge in [-0.1, -0.05) is 6.08 Å². The molecule has 0 spiro atoms. The molecule has 0 fully saturated rings. The van der Waals surface area contributed by atoms with E-state index in [9.17, 15) is 0 Å². The second kappa shape index (κ2) is 3.78. The molecule has 2 aliphatic rings. The molecular formula is C12H15N5O. The monoisotopic (exact) mass is 245 g/mol. The summed E-state index contributed by atoms with van der Waals surface area (Å²) in [6, 6.07) is 0.152. The van der Waals surface area contributed by atoms with E-state index in [1.54, 1.807) is 0 Å². The van der Waals surface area contributed by atoms with Crippen LogP contribution < -0.4 is 11.5 Å². The Balaban J connectivity index is 2.00. The predicted octanol–water partition coefficient (Wildman–Crippen LogP) is 0.143. The fourth-order valence-corrected chi connectivity index (χ4v) is 2.22. The van der Waals surface area contributed by atoms with Crippen molar-refractivity contribution in [3.8, 4) is 0 Å². The van der Waals surface area contributed by atoms with Gasteiger partial charge in [-0.3, -0.25) is 0 Å². The number of aromatic nitrogens is 2. The fourth-order valence-electron chi connectivity index (χ4n) is 2.22. The van der Waals surface area contributed by atoms with Gasteiger partial charge in [0.05, 0.1) is 11.7 Å². The maximum absolute atomic E-state index is 6.36. The topological polar surface area (TPSA) is 99.4 Å². The number of anilines is 1. The van der Waals surface area contributed by atoms with Crippen molar-refractivity contribution in [3.05, 3.63) is 23.7 Å². The smallest absolute Gasteiger partial charge is 0.208 e. The molecule has 6 nitrogen and oxygen atoms in total. The molecule has 4 N–H and O–H groups in total. The van der Waals surface area contributed by atoms with Gasteiger partial charge in [-0.15, -0.1) is 0 Å². The van der Waals surface area contributed by atoms with Crippen molar-refractivity contribution in [2.24, 2.45) is 10.7 Å². The molecule has 2 unspecified atom stereocenters. The quantitative estimate of drug-likeness (QED) is 0.733. The van der Waals surface area contributed by atoms with E-state index in [0.717, 1.165) is 11.3 Å². The average molecular weight is 245 g/mol. The molecular weight excluding hydrogens is 230 g/mol. The van der Waals surface area contributed by atoms with Gasteiger partial charge in [0.15, 0.2) is 0 Å². The van der Waals surface area contributed by atoms with Crippen LogP contribution in [0.1, 0.15) is 18.2 Å². The number of hydrogen-bond acceptors (Lipinski definition) is 6. The maximum atomic E-state index is 6.36. The lowest BCUT2D eigenvalue weighted by Gasteiger charge is -2.29. The number of nitrogens with zero attached hydrogens (tertiary/aromatic N) is 3. The second-order valence-electron chi connectivity index (χ2n) is 4.77. The van der Waals surface area contributed by atoms with Crippen LogP contribution in [-0.2, 0) is 11.2 Å². The highest BCUT2D eigenvalue weighted by atomic mass is 16.5. The number of nitrogen functional groups attached to an aromatic ring is 1. The zero-order valence-corrected chi connectivity index (χ0v) is 10.1. The Morgan fingerprint density at radius 3 is 3.00 bits per heavy atom. The molecule has 0 saturated carbocycles. The predicted molar refractivity (Wildman–Crippen MR) is 68.9 cm³/mol. The molecule has 3 rings (SSSR count). The Hall–Kier alpha value is -1.95. The Morgan fingerprint density at radius 2 is 2.28 bits per heavy atom. The van der Waals surface area contributed by atoms with Crippen molar-refractivity contribution in [1.29, 1.82) is 0 Å². The first-order chi connectivity index (χ1) is 8.58. The summed E-state index contributed by atoms with van der Waals surface area (Å²) in [4.78, 5) is 12.6. The fraction of sp³-hybridized carbons (Fsp3) is 0.417. The van der Waals surface area contributed by atoms with Gasteiger partial charge in [0.25, 0.3) is 0 Å². The molecule has 1 aromatic heterocycles. The largest absolute Gasteiger partial charge is 0.477 e. The molecule has 1 aromatic rings. The van der Waals surface area contributed by atoms with Crippen molar-refractivity contribution >= 4 is 17.8 Å². The third-order valence-electron chi connectivity index (χ3n) is 3.22. The van der Waals surface area contributed by atoms with Gasteiger partial charge < -0.3 is 16.2 Å². The first kappa shape index (κ1) is 11.2. The third-order valence-corrected chi connectivity index (χ3v) is 3.22. The summed E-state index contributed by atoms with van der Waals surface area (Å²) in [6.07, 6.45) is 5.69. The molecule has 1 aliphatic carbocycles. The van der Waals surface area contributed by atoms with Crippen LogP contribution >= 0.6 is 0 Å². The molecule has 2 heterocycles. The van der Waals surface area contributed by atoms with Crippen molar-refractivity contribution in [1.82, 2.24) is 9.97 Å². The second-order valence-corrected chi connectivity index (χ2v) is 4.77. The van der Waals surface area contributed by atoms with Gasteiger partial charge in [-0.2, -0.15) is 0 Å². The first-order valence-corrected chi connectivity index (χ1v) is 5.87. The lowest BCUT2D eigenvalue weighted by Crippen LogP contribution is -2.49. The summed E-state index contributed by atoms with van der Waals surface area (Å²) in [7, 11) is 0. The average Bonchev–Trinajstić information content (AvgIpc) is 2.78. The van der Waals surface area contributed by atoms with E-state index in [2.05, 4.69) is 15.0 Å².